The zero-order valence-electron chi connectivity index (χ0n) is 9.52. The number of rotatable bonds is 3. The molecule has 0 amide bonds. The zero-order chi connectivity index (χ0) is 12.3. The van der Waals surface area contributed by atoms with Gasteiger partial charge in [0.15, 0.2) is 0 Å². The number of hydrogen-bond donors (Lipinski definition) is 1. The Morgan fingerprint density at radius 2 is 1.88 bits per heavy atom. The van der Waals surface area contributed by atoms with Crippen LogP contribution < -0.4 is 4.72 Å². The van der Waals surface area contributed by atoms with Crippen LogP contribution in [-0.2, 0) is 10.0 Å². The number of halogens is 1. The highest BCUT2D eigenvalue weighted by molar-refractivity contribution is 14.1. The first-order chi connectivity index (χ1) is 8.08. The smallest absolute Gasteiger partial charge is 0.235 e. The third kappa shape index (κ3) is 3.58. The van der Waals surface area contributed by atoms with Crippen molar-refractivity contribution in [3.63, 3.8) is 0 Å². The van der Waals surface area contributed by atoms with E-state index in [9.17, 15) is 8.42 Å². The van der Waals surface area contributed by atoms with Crippen molar-refractivity contribution in [2.24, 2.45) is 0 Å². The molecule has 1 fully saturated rings. The molecule has 0 unspecified atom stereocenters. The molecule has 5 heteroatoms. The second kappa shape index (κ2) is 5.56. The summed E-state index contributed by atoms with van der Waals surface area (Å²) < 4.78 is 28.0. The fourth-order valence-corrected chi connectivity index (χ4v) is 4.29. The van der Waals surface area contributed by atoms with Gasteiger partial charge in [-0.1, -0.05) is 25.3 Å². The summed E-state index contributed by atoms with van der Waals surface area (Å²) in [5.74, 6) is 0. The first-order valence-electron chi connectivity index (χ1n) is 5.85. The van der Waals surface area contributed by atoms with Crippen LogP contribution in [0.25, 0.3) is 0 Å². The predicted octanol–water partition coefficient (Wildman–Crippen LogP) is 3.37. The quantitative estimate of drug-likeness (QED) is 0.835. The van der Waals surface area contributed by atoms with Gasteiger partial charge < -0.3 is 0 Å². The molecule has 3 nitrogen and oxygen atoms in total. The molecule has 0 spiro atoms. The number of anilines is 1. The van der Waals surface area contributed by atoms with E-state index in [1.54, 1.807) is 6.07 Å². The monoisotopic (exact) mass is 365 g/mol. The second-order valence-electron chi connectivity index (χ2n) is 4.42. The maximum absolute atomic E-state index is 12.2. The average molecular weight is 365 g/mol. The van der Waals surface area contributed by atoms with Gasteiger partial charge in [0.1, 0.15) is 0 Å². The minimum atomic E-state index is -3.21. The van der Waals surface area contributed by atoms with Crippen molar-refractivity contribution in [2.45, 2.75) is 37.4 Å². The molecule has 1 aliphatic rings. The molecule has 1 aromatic rings. The van der Waals surface area contributed by atoms with E-state index in [-0.39, 0.29) is 5.25 Å². The Kier molecular flexibility index (Phi) is 4.30. The summed E-state index contributed by atoms with van der Waals surface area (Å²) in [6, 6.07) is 7.45. The van der Waals surface area contributed by atoms with Gasteiger partial charge in [-0.2, -0.15) is 0 Å². The topological polar surface area (TPSA) is 46.2 Å². The Morgan fingerprint density at radius 1 is 1.18 bits per heavy atom. The molecule has 1 aliphatic carbocycles. The normalized spacial score (nSPS) is 17.9. The highest BCUT2D eigenvalue weighted by Gasteiger charge is 2.26. The first kappa shape index (κ1) is 13.1. The van der Waals surface area contributed by atoms with Gasteiger partial charge in [-0.3, -0.25) is 4.72 Å². The van der Waals surface area contributed by atoms with Crippen LogP contribution in [0.1, 0.15) is 32.1 Å². The molecule has 0 bridgehead atoms. The minimum absolute atomic E-state index is 0.214. The van der Waals surface area contributed by atoms with Crippen LogP contribution in [0.15, 0.2) is 24.3 Å². The average Bonchev–Trinajstić information content (AvgIpc) is 2.29. The van der Waals surface area contributed by atoms with E-state index in [4.69, 9.17) is 0 Å². The number of benzene rings is 1. The third-order valence-electron chi connectivity index (χ3n) is 3.08. The van der Waals surface area contributed by atoms with E-state index in [2.05, 4.69) is 27.3 Å². The molecule has 0 aromatic heterocycles. The summed E-state index contributed by atoms with van der Waals surface area (Å²) in [5.41, 5.74) is 0.669. The lowest BCUT2D eigenvalue weighted by Crippen LogP contribution is -2.29. The van der Waals surface area contributed by atoms with E-state index >= 15 is 0 Å². The molecule has 0 aliphatic heterocycles. The Labute approximate surface area is 116 Å². The van der Waals surface area contributed by atoms with Gasteiger partial charge in [-0.05, 0) is 53.6 Å². The standard InChI is InChI=1S/C12H16INO2S/c13-10-5-4-6-11(9-10)14-17(15,16)12-7-2-1-3-8-12/h4-6,9,12,14H,1-3,7-8H2. The summed E-state index contributed by atoms with van der Waals surface area (Å²) in [4.78, 5) is 0. The van der Waals surface area contributed by atoms with Crippen LogP contribution in [0, 0.1) is 3.57 Å². The van der Waals surface area contributed by atoms with Gasteiger partial charge in [-0.25, -0.2) is 8.42 Å². The van der Waals surface area contributed by atoms with Gasteiger partial charge in [-0.15, -0.1) is 0 Å². The second-order valence-corrected chi connectivity index (χ2v) is 7.62. The van der Waals surface area contributed by atoms with Crippen LogP contribution in [0.5, 0.6) is 0 Å². The summed E-state index contributed by atoms with van der Waals surface area (Å²) in [5, 5.41) is -0.214. The van der Waals surface area contributed by atoms with Crippen molar-refractivity contribution in [2.75, 3.05) is 4.72 Å². The number of nitrogens with one attached hydrogen (secondary N) is 1. The van der Waals surface area contributed by atoms with Gasteiger partial charge in [0, 0.05) is 9.26 Å². The van der Waals surface area contributed by atoms with Crippen molar-refractivity contribution in [1.82, 2.24) is 0 Å². The van der Waals surface area contributed by atoms with E-state index in [0.29, 0.717) is 5.69 Å². The largest absolute Gasteiger partial charge is 0.283 e. The fraction of sp³-hybridized carbons (Fsp3) is 0.500. The summed E-state index contributed by atoms with van der Waals surface area (Å²) in [6.07, 6.45) is 4.80. The van der Waals surface area contributed by atoms with Crippen molar-refractivity contribution in [3.05, 3.63) is 27.8 Å². The highest BCUT2D eigenvalue weighted by Crippen LogP contribution is 2.25. The molecule has 1 saturated carbocycles. The van der Waals surface area contributed by atoms with E-state index in [1.165, 1.54) is 0 Å². The first-order valence-corrected chi connectivity index (χ1v) is 8.48. The van der Waals surface area contributed by atoms with Gasteiger partial charge in [0.2, 0.25) is 10.0 Å². The molecular weight excluding hydrogens is 349 g/mol. The lowest BCUT2D eigenvalue weighted by atomic mass is 10.0. The molecule has 1 N–H and O–H groups in total. The highest BCUT2D eigenvalue weighted by atomic mass is 127. The zero-order valence-corrected chi connectivity index (χ0v) is 12.5. The fourth-order valence-electron chi connectivity index (χ4n) is 2.17. The van der Waals surface area contributed by atoms with Crippen molar-refractivity contribution >= 4 is 38.3 Å². The third-order valence-corrected chi connectivity index (χ3v) is 5.62. The summed E-state index contributed by atoms with van der Waals surface area (Å²) >= 11 is 2.18. The van der Waals surface area contributed by atoms with Crippen molar-refractivity contribution < 1.29 is 8.42 Å². The van der Waals surface area contributed by atoms with Crippen LogP contribution in [0.3, 0.4) is 0 Å². The van der Waals surface area contributed by atoms with E-state index in [1.807, 2.05) is 18.2 Å². The molecule has 0 heterocycles. The van der Waals surface area contributed by atoms with E-state index in [0.717, 1.165) is 35.7 Å². The van der Waals surface area contributed by atoms with Gasteiger partial charge >= 0.3 is 0 Å². The van der Waals surface area contributed by atoms with Crippen LogP contribution in [-0.4, -0.2) is 13.7 Å². The Hall–Kier alpha value is -0.300. The Bertz CT molecular complexity index is 481. The van der Waals surface area contributed by atoms with Crippen LogP contribution in [0.2, 0.25) is 0 Å². The SMILES string of the molecule is O=S(=O)(Nc1cccc(I)c1)C1CCCCC1. The van der Waals surface area contributed by atoms with E-state index < -0.39 is 10.0 Å². The Morgan fingerprint density at radius 3 is 2.53 bits per heavy atom. The number of sulfonamides is 1. The van der Waals surface area contributed by atoms with Crippen molar-refractivity contribution in [1.29, 1.82) is 0 Å². The molecule has 0 radical (unpaired) electrons. The Balaban J connectivity index is 2.11. The maximum atomic E-state index is 12.2. The molecule has 1 aromatic carbocycles. The van der Waals surface area contributed by atoms with Crippen LogP contribution >= 0.6 is 22.6 Å². The number of hydrogen-bond acceptors (Lipinski definition) is 2. The minimum Gasteiger partial charge on any atom is -0.283 e. The predicted molar refractivity (Wildman–Crippen MR) is 78.6 cm³/mol. The molecular formula is C12H16INO2S. The van der Waals surface area contributed by atoms with Crippen LogP contribution in [0.4, 0.5) is 5.69 Å². The summed E-state index contributed by atoms with van der Waals surface area (Å²) in [7, 11) is -3.21. The molecule has 94 valence electrons. The molecule has 17 heavy (non-hydrogen) atoms. The molecule has 0 saturated heterocycles. The van der Waals surface area contributed by atoms with Gasteiger partial charge in [0.05, 0.1) is 5.25 Å². The lowest BCUT2D eigenvalue weighted by molar-refractivity contribution is 0.486. The molecule has 0 atom stereocenters. The van der Waals surface area contributed by atoms with Gasteiger partial charge in [0.25, 0.3) is 0 Å². The lowest BCUT2D eigenvalue weighted by Gasteiger charge is -2.22. The maximum Gasteiger partial charge on any atom is 0.235 e. The van der Waals surface area contributed by atoms with Crippen molar-refractivity contribution in [3.8, 4) is 0 Å². The molecule has 2 rings (SSSR count). The summed E-state index contributed by atoms with van der Waals surface area (Å²) in [6.45, 7) is 0.